The van der Waals surface area contributed by atoms with E-state index in [0.29, 0.717) is 17.6 Å². The van der Waals surface area contributed by atoms with E-state index in [1.54, 1.807) is 0 Å². The summed E-state index contributed by atoms with van der Waals surface area (Å²) in [6.07, 6.45) is 5.45. The second-order valence-corrected chi connectivity index (χ2v) is 6.85. The van der Waals surface area contributed by atoms with Crippen LogP contribution < -0.4 is 5.32 Å². The van der Waals surface area contributed by atoms with Crippen molar-refractivity contribution in [3.8, 4) is 0 Å². The van der Waals surface area contributed by atoms with E-state index in [-0.39, 0.29) is 0 Å². The average Bonchev–Trinajstić information content (AvgIpc) is 2.36. The third kappa shape index (κ3) is 6.24. The molecule has 3 heteroatoms. The van der Waals surface area contributed by atoms with Crippen LogP contribution >= 0.6 is 0 Å². The number of hydrogen-bond acceptors (Lipinski definition) is 3. The van der Waals surface area contributed by atoms with Crippen LogP contribution in [-0.4, -0.2) is 50.3 Å². The minimum atomic E-state index is 0.290. The third-order valence-electron chi connectivity index (χ3n) is 4.34. The number of likely N-dealkylation sites (N-methyl/N-ethyl adjacent to an activating group) is 1. The Labute approximate surface area is 120 Å². The summed E-state index contributed by atoms with van der Waals surface area (Å²) in [6, 6.07) is 0.544. The van der Waals surface area contributed by atoms with Gasteiger partial charge in [-0.2, -0.15) is 0 Å². The Bertz CT molecular complexity index is 237. The zero-order valence-electron chi connectivity index (χ0n) is 13.7. The summed E-state index contributed by atoms with van der Waals surface area (Å²) >= 11 is 0. The predicted octanol–water partition coefficient (Wildman–Crippen LogP) is 2.90. The van der Waals surface area contributed by atoms with Crippen molar-refractivity contribution >= 4 is 0 Å². The first-order valence-electron chi connectivity index (χ1n) is 7.99. The van der Waals surface area contributed by atoms with E-state index in [4.69, 9.17) is 4.74 Å². The van der Waals surface area contributed by atoms with Crippen molar-refractivity contribution < 1.29 is 4.74 Å². The number of hydrogen-bond donors (Lipinski definition) is 1. The SMILES string of the molecule is CCCNC(C)C(C)(C)CN(C)CC1CCCCO1. The molecule has 19 heavy (non-hydrogen) atoms. The third-order valence-corrected chi connectivity index (χ3v) is 4.34. The van der Waals surface area contributed by atoms with Crippen molar-refractivity contribution in [2.24, 2.45) is 5.41 Å². The minimum absolute atomic E-state index is 0.290. The van der Waals surface area contributed by atoms with E-state index >= 15 is 0 Å². The average molecular weight is 270 g/mol. The molecule has 1 rings (SSSR count). The topological polar surface area (TPSA) is 24.5 Å². The van der Waals surface area contributed by atoms with Gasteiger partial charge in [-0.25, -0.2) is 0 Å². The second kappa shape index (κ2) is 8.23. The van der Waals surface area contributed by atoms with Gasteiger partial charge in [0.15, 0.2) is 0 Å². The number of nitrogens with zero attached hydrogens (tertiary/aromatic N) is 1. The Morgan fingerprint density at radius 3 is 2.68 bits per heavy atom. The molecule has 0 aromatic carbocycles. The van der Waals surface area contributed by atoms with E-state index < -0.39 is 0 Å². The molecule has 0 radical (unpaired) electrons. The van der Waals surface area contributed by atoms with E-state index in [1.807, 2.05) is 0 Å². The molecule has 1 N–H and O–H groups in total. The van der Waals surface area contributed by atoms with Crippen LogP contribution in [0.4, 0.5) is 0 Å². The lowest BCUT2D eigenvalue weighted by molar-refractivity contribution is -0.00774. The standard InChI is InChI=1S/C16H34N2O/c1-6-10-17-14(2)16(3,4)13-18(5)12-15-9-7-8-11-19-15/h14-15,17H,6-13H2,1-5H3. The molecule has 0 amide bonds. The van der Waals surface area contributed by atoms with E-state index in [0.717, 1.165) is 26.2 Å². The molecule has 0 aromatic heterocycles. The van der Waals surface area contributed by atoms with Gasteiger partial charge in [-0.3, -0.25) is 0 Å². The van der Waals surface area contributed by atoms with Crippen LogP contribution in [-0.2, 0) is 4.74 Å². The summed E-state index contributed by atoms with van der Waals surface area (Å²) in [4.78, 5) is 2.44. The molecule has 1 aliphatic rings. The fourth-order valence-corrected chi connectivity index (χ4v) is 2.83. The largest absolute Gasteiger partial charge is 0.377 e. The molecular formula is C16H34N2O. The first-order valence-corrected chi connectivity index (χ1v) is 7.99. The van der Waals surface area contributed by atoms with Gasteiger partial charge in [-0.1, -0.05) is 20.8 Å². The van der Waals surface area contributed by atoms with Crippen molar-refractivity contribution in [2.45, 2.75) is 65.5 Å². The minimum Gasteiger partial charge on any atom is -0.377 e. The highest BCUT2D eigenvalue weighted by Crippen LogP contribution is 2.22. The molecule has 1 aliphatic heterocycles. The van der Waals surface area contributed by atoms with Crippen LogP contribution in [0, 0.1) is 5.41 Å². The monoisotopic (exact) mass is 270 g/mol. The molecule has 2 atom stereocenters. The van der Waals surface area contributed by atoms with Crippen molar-refractivity contribution in [1.29, 1.82) is 0 Å². The van der Waals surface area contributed by atoms with Crippen LogP contribution in [0.3, 0.4) is 0 Å². The van der Waals surface area contributed by atoms with Gasteiger partial charge in [-0.15, -0.1) is 0 Å². The highest BCUT2D eigenvalue weighted by Gasteiger charge is 2.28. The molecule has 3 nitrogen and oxygen atoms in total. The van der Waals surface area contributed by atoms with Crippen LogP contribution in [0.1, 0.15) is 53.4 Å². The summed E-state index contributed by atoms with van der Waals surface area (Å²) in [6.45, 7) is 13.5. The molecule has 2 unspecified atom stereocenters. The smallest absolute Gasteiger partial charge is 0.0701 e. The maximum Gasteiger partial charge on any atom is 0.0701 e. The van der Waals surface area contributed by atoms with Gasteiger partial charge in [-0.05, 0) is 51.6 Å². The summed E-state index contributed by atoms with van der Waals surface area (Å²) in [7, 11) is 2.23. The van der Waals surface area contributed by atoms with Crippen LogP contribution in [0.5, 0.6) is 0 Å². The molecular weight excluding hydrogens is 236 g/mol. The predicted molar refractivity (Wildman–Crippen MR) is 82.6 cm³/mol. The van der Waals surface area contributed by atoms with Gasteiger partial charge in [0.2, 0.25) is 0 Å². The van der Waals surface area contributed by atoms with Gasteiger partial charge < -0.3 is 15.0 Å². The maximum absolute atomic E-state index is 5.83. The molecule has 114 valence electrons. The van der Waals surface area contributed by atoms with Crippen molar-refractivity contribution in [3.05, 3.63) is 0 Å². The Balaban J connectivity index is 2.33. The zero-order valence-corrected chi connectivity index (χ0v) is 13.7. The first kappa shape index (κ1) is 16.9. The quantitative estimate of drug-likeness (QED) is 0.734. The Morgan fingerprint density at radius 2 is 2.11 bits per heavy atom. The number of rotatable bonds is 8. The fraction of sp³-hybridized carbons (Fsp3) is 1.00. The zero-order chi connectivity index (χ0) is 14.3. The van der Waals surface area contributed by atoms with Gasteiger partial charge in [0.05, 0.1) is 6.10 Å². The Morgan fingerprint density at radius 1 is 1.37 bits per heavy atom. The summed E-state index contributed by atoms with van der Waals surface area (Å²) < 4.78 is 5.83. The summed E-state index contributed by atoms with van der Waals surface area (Å²) in [5.41, 5.74) is 0.290. The van der Waals surface area contributed by atoms with Gasteiger partial charge in [0.1, 0.15) is 0 Å². The maximum atomic E-state index is 5.83. The Hall–Kier alpha value is -0.120. The Kier molecular flexibility index (Phi) is 7.33. The highest BCUT2D eigenvalue weighted by molar-refractivity contribution is 4.84. The lowest BCUT2D eigenvalue weighted by Gasteiger charge is -2.37. The van der Waals surface area contributed by atoms with Gasteiger partial charge in [0.25, 0.3) is 0 Å². The van der Waals surface area contributed by atoms with Gasteiger partial charge >= 0.3 is 0 Å². The molecule has 1 fully saturated rings. The van der Waals surface area contributed by atoms with E-state index in [1.165, 1.54) is 25.7 Å². The highest BCUT2D eigenvalue weighted by atomic mass is 16.5. The molecule has 0 aromatic rings. The fourth-order valence-electron chi connectivity index (χ4n) is 2.83. The number of nitrogens with one attached hydrogen (secondary N) is 1. The first-order chi connectivity index (χ1) is 8.95. The lowest BCUT2D eigenvalue weighted by Crippen LogP contribution is -2.47. The van der Waals surface area contributed by atoms with Gasteiger partial charge in [0, 0.05) is 25.7 Å². The van der Waals surface area contributed by atoms with Crippen LogP contribution in [0.25, 0.3) is 0 Å². The molecule has 0 aliphatic carbocycles. The molecule has 1 heterocycles. The van der Waals surface area contributed by atoms with Crippen LogP contribution in [0.2, 0.25) is 0 Å². The second-order valence-electron chi connectivity index (χ2n) is 6.85. The van der Waals surface area contributed by atoms with Crippen LogP contribution in [0.15, 0.2) is 0 Å². The lowest BCUT2D eigenvalue weighted by atomic mass is 9.84. The van der Waals surface area contributed by atoms with Crippen molar-refractivity contribution in [2.75, 3.05) is 33.3 Å². The molecule has 0 bridgehead atoms. The van der Waals surface area contributed by atoms with E-state index in [2.05, 4.69) is 45.0 Å². The van der Waals surface area contributed by atoms with E-state index in [9.17, 15) is 0 Å². The number of ether oxygens (including phenoxy) is 1. The summed E-state index contributed by atoms with van der Waals surface area (Å²) in [5.74, 6) is 0. The van der Waals surface area contributed by atoms with Crippen molar-refractivity contribution in [1.82, 2.24) is 10.2 Å². The molecule has 0 saturated carbocycles. The van der Waals surface area contributed by atoms with Crippen molar-refractivity contribution in [3.63, 3.8) is 0 Å². The normalized spacial score (nSPS) is 22.7. The molecule has 1 saturated heterocycles. The summed E-state index contributed by atoms with van der Waals surface area (Å²) in [5, 5.41) is 3.62. The molecule has 0 spiro atoms.